The number of rotatable bonds is 6. The van der Waals surface area contributed by atoms with E-state index in [1.807, 2.05) is 60.7 Å². The van der Waals surface area contributed by atoms with Gasteiger partial charge < -0.3 is 15.0 Å². The molecule has 2 amide bonds. The summed E-state index contributed by atoms with van der Waals surface area (Å²) in [4.78, 5) is 26.5. The molecule has 0 unspecified atom stereocenters. The summed E-state index contributed by atoms with van der Waals surface area (Å²) in [7, 11) is 0. The van der Waals surface area contributed by atoms with Crippen LogP contribution in [-0.2, 0) is 11.3 Å². The van der Waals surface area contributed by atoms with Gasteiger partial charge in [-0.15, -0.1) is 0 Å². The van der Waals surface area contributed by atoms with Crippen LogP contribution in [-0.4, -0.2) is 18.4 Å². The van der Waals surface area contributed by atoms with Crippen LogP contribution in [0.2, 0.25) is 0 Å². The molecule has 3 aromatic rings. The maximum atomic E-state index is 12.6. The van der Waals surface area contributed by atoms with Crippen LogP contribution >= 0.6 is 0 Å². The van der Waals surface area contributed by atoms with Crippen molar-refractivity contribution in [2.24, 2.45) is 0 Å². The zero-order valence-corrected chi connectivity index (χ0v) is 17.1. The molecule has 0 radical (unpaired) electrons. The molecule has 0 aliphatic carbocycles. The number of carbonyl (C=O) groups excluding carboxylic acids is 2. The quantitative estimate of drug-likeness (QED) is 0.634. The molecule has 0 spiro atoms. The van der Waals surface area contributed by atoms with E-state index in [1.165, 1.54) is 5.56 Å². The highest BCUT2D eigenvalue weighted by Crippen LogP contribution is 2.29. The largest absolute Gasteiger partial charge is 0.484 e. The van der Waals surface area contributed by atoms with Crippen LogP contribution in [0.3, 0.4) is 0 Å². The fourth-order valence-electron chi connectivity index (χ4n) is 3.48. The summed E-state index contributed by atoms with van der Waals surface area (Å²) in [5.74, 6) is 0.881. The summed E-state index contributed by atoms with van der Waals surface area (Å²) < 4.78 is 5.56. The number of carbonyl (C=O) groups is 2. The molecular weight excluding hydrogens is 376 g/mol. The fraction of sp³-hybridized carbons (Fsp3) is 0.200. The Labute approximate surface area is 176 Å². The van der Waals surface area contributed by atoms with Gasteiger partial charge in [-0.2, -0.15) is 0 Å². The van der Waals surface area contributed by atoms with Crippen LogP contribution in [0.15, 0.2) is 72.8 Å². The maximum absolute atomic E-state index is 12.6. The Kier molecular flexibility index (Phi) is 5.53. The molecule has 5 heteroatoms. The first-order valence-corrected chi connectivity index (χ1v) is 10.0. The van der Waals surface area contributed by atoms with E-state index in [0.717, 1.165) is 16.8 Å². The third kappa shape index (κ3) is 4.20. The second-order valence-corrected chi connectivity index (χ2v) is 7.66. The molecule has 0 saturated heterocycles. The molecule has 152 valence electrons. The Morgan fingerprint density at radius 1 is 1.00 bits per heavy atom. The van der Waals surface area contributed by atoms with Gasteiger partial charge in [0.1, 0.15) is 5.75 Å². The molecule has 4 rings (SSSR count). The zero-order valence-electron chi connectivity index (χ0n) is 17.1. The lowest BCUT2D eigenvalue weighted by atomic mass is 10.0. The molecule has 0 atom stereocenters. The number of nitrogens with one attached hydrogen (secondary N) is 1. The minimum atomic E-state index is -0.236. The van der Waals surface area contributed by atoms with Crippen LogP contribution < -0.4 is 15.0 Å². The molecule has 3 aromatic carbocycles. The average molecular weight is 400 g/mol. The highest BCUT2D eigenvalue weighted by atomic mass is 16.5. The van der Waals surface area contributed by atoms with Gasteiger partial charge >= 0.3 is 0 Å². The highest BCUT2D eigenvalue weighted by molar-refractivity contribution is 6.10. The maximum Gasteiger partial charge on any atom is 0.262 e. The first kappa shape index (κ1) is 19.7. The van der Waals surface area contributed by atoms with E-state index in [4.69, 9.17) is 4.74 Å². The lowest BCUT2D eigenvalue weighted by Crippen LogP contribution is -2.23. The minimum absolute atomic E-state index is 0.000675. The van der Waals surface area contributed by atoms with Gasteiger partial charge in [0.25, 0.3) is 11.8 Å². The minimum Gasteiger partial charge on any atom is -0.484 e. The number of ether oxygens (including phenoxy) is 1. The Bertz CT molecular complexity index is 1060. The lowest BCUT2D eigenvalue weighted by molar-refractivity contribution is -0.118. The second-order valence-electron chi connectivity index (χ2n) is 7.66. The van der Waals surface area contributed by atoms with Crippen molar-refractivity contribution < 1.29 is 14.3 Å². The number of hydrogen-bond donors (Lipinski definition) is 1. The topological polar surface area (TPSA) is 58.6 Å². The van der Waals surface area contributed by atoms with Crippen molar-refractivity contribution in [3.05, 3.63) is 89.5 Å². The fourth-order valence-corrected chi connectivity index (χ4v) is 3.48. The zero-order chi connectivity index (χ0) is 21.1. The number of hydrogen-bond acceptors (Lipinski definition) is 3. The van der Waals surface area contributed by atoms with E-state index >= 15 is 0 Å². The van der Waals surface area contributed by atoms with Gasteiger partial charge in [0, 0.05) is 16.9 Å². The van der Waals surface area contributed by atoms with Crippen LogP contribution in [0.1, 0.15) is 41.3 Å². The number of benzene rings is 3. The summed E-state index contributed by atoms with van der Waals surface area (Å²) in [5.41, 5.74) is 4.46. The van der Waals surface area contributed by atoms with Gasteiger partial charge in [-0.05, 0) is 59.5 Å². The van der Waals surface area contributed by atoms with Crippen molar-refractivity contribution in [3.63, 3.8) is 0 Å². The highest BCUT2D eigenvalue weighted by Gasteiger charge is 2.27. The average Bonchev–Trinajstić information content (AvgIpc) is 3.10. The first-order valence-electron chi connectivity index (χ1n) is 10.0. The second kappa shape index (κ2) is 8.41. The molecule has 1 N–H and O–H groups in total. The van der Waals surface area contributed by atoms with Crippen LogP contribution in [0.25, 0.3) is 0 Å². The van der Waals surface area contributed by atoms with Gasteiger partial charge in [0.15, 0.2) is 6.61 Å². The van der Waals surface area contributed by atoms with Gasteiger partial charge in [0.2, 0.25) is 0 Å². The Balaban J connectivity index is 1.32. The number of nitrogens with zero attached hydrogens (tertiary/aromatic N) is 1. The SMILES string of the molecule is CC(C)c1ccc(OCC(=O)Nc2ccc(N3Cc4ccccc4C3=O)cc2)cc1. The van der Waals surface area contributed by atoms with Crippen molar-refractivity contribution >= 4 is 23.2 Å². The Morgan fingerprint density at radius 2 is 1.70 bits per heavy atom. The third-order valence-electron chi connectivity index (χ3n) is 5.20. The molecule has 0 saturated carbocycles. The van der Waals surface area contributed by atoms with Crippen molar-refractivity contribution in [3.8, 4) is 5.75 Å². The molecule has 1 heterocycles. The van der Waals surface area contributed by atoms with Gasteiger partial charge in [0.05, 0.1) is 6.54 Å². The smallest absolute Gasteiger partial charge is 0.262 e. The number of fused-ring (bicyclic) bond motifs is 1. The van der Waals surface area contributed by atoms with Crippen molar-refractivity contribution in [2.75, 3.05) is 16.8 Å². The molecule has 0 aromatic heterocycles. The standard InChI is InChI=1S/C25H24N2O3/c1-17(2)18-7-13-22(14-8-18)30-16-24(28)26-20-9-11-21(12-10-20)27-15-19-5-3-4-6-23(19)25(27)29/h3-14,17H,15-16H2,1-2H3,(H,26,28). The Hall–Kier alpha value is -3.60. The predicted molar refractivity (Wildman–Crippen MR) is 118 cm³/mol. The van der Waals surface area contributed by atoms with Crippen molar-refractivity contribution in [2.45, 2.75) is 26.3 Å². The summed E-state index contributed by atoms with van der Waals surface area (Å²) in [6.07, 6.45) is 0. The molecule has 30 heavy (non-hydrogen) atoms. The summed E-state index contributed by atoms with van der Waals surface area (Å²) in [6.45, 7) is 4.76. The molecule has 0 fully saturated rings. The van der Waals surface area contributed by atoms with E-state index in [0.29, 0.717) is 23.9 Å². The summed E-state index contributed by atoms with van der Waals surface area (Å²) in [6, 6.07) is 22.7. The molecule has 5 nitrogen and oxygen atoms in total. The summed E-state index contributed by atoms with van der Waals surface area (Å²) in [5, 5.41) is 2.82. The monoisotopic (exact) mass is 400 g/mol. The molecule has 0 bridgehead atoms. The third-order valence-corrected chi connectivity index (χ3v) is 5.20. The van der Waals surface area contributed by atoms with Gasteiger partial charge in [-0.1, -0.05) is 44.2 Å². The summed E-state index contributed by atoms with van der Waals surface area (Å²) >= 11 is 0. The molecular formula is C25H24N2O3. The van der Waals surface area contributed by atoms with Gasteiger partial charge in [-0.3, -0.25) is 9.59 Å². The normalized spacial score (nSPS) is 12.8. The van der Waals surface area contributed by atoms with Crippen LogP contribution in [0.5, 0.6) is 5.75 Å². The van der Waals surface area contributed by atoms with E-state index in [-0.39, 0.29) is 18.4 Å². The number of amides is 2. The van der Waals surface area contributed by atoms with Crippen LogP contribution in [0.4, 0.5) is 11.4 Å². The molecule has 1 aliphatic heterocycles. The van der Waals surface area contributed by atoms with E-state index in [9.17, 15) is 9.59 Å². The van der Waals surface area contributed by atoms with E-state index in [2.05, 4.69) is 19.2 Å². The molecule has 1 aliphatic rings. The first-order chi connectivity index (χ1) is 14.5. The van der Waals surface area contributed by atoms with E-state index < -0.39 is 0 Å². The predicted octanol–water partition coefficient (Wildman–Crippen LogP) is 4.99. The lowest BCUT2D eigenvalue weighted by Gasteiger charge is -2.16. The van der Waals surface area contributed by atoms with E-state index in [1.54, 1.807) is 17.0 Å². The Morgan fingerprint density at radius 3 is 2.37 bits per heavy atom. The van der Waals surface area contributed by atoms with Crippen molar-refractivity contribution in [1.82, 2.24) is 0 Å². The van der Waals surface area contributed by atoms with Crippen LogP contribution in [0, 0.1) is 0 Å². The number of anilines is 2. The van der Waals surface area contributed by atoms with Gasteiger partial charge in [-0.25, -0.2) is 0 Å². The van der Waals surface area contributed by atoms with Crippen molar-refractivity contribution in [1.29, 1.82) is 0 Å².